The van der Waals surface area contributed by atoms with Gasteiger partial charge in [-0.2, -0.15) is 0 Å². The van der Waals surface area contributed by atoms with Gasteiger partial charge in [0.15, 0.2) is 6.04 Å². The first-order valence-corrected chi connectivity index (χ1v) is 4.45. The van der Waals surface area contributed by atoms with E-state index in [-0.39, 0.29) is 5.56 Å². The number of carbonyl (C=O) groups is 2. The molecular formula is C9H9N3O5. The van der Waals surface area contributed by atoms with Crippen LogP contribution in [0.4, 0.5) is 10.5 Å². The van der Waals surface area contributed by atoms with Crippen LogP contribution >= 0.6 is 0 Å². The van der Waals surface area contributed by atoms with Crippen molar-refractivity contribution in [1.82, 2.24) is 5.32 Å². The van der Waals surface area contributed by atoms with Crippen molar-refractivity contribution in [2.75, 3.05) is 0 Å². The number of hydrogen-bond acceptors (Lipinski definition) is 4. The fourth-order valence-electron chi connectivity index (χ4n) is 1.31. The molecule has 1 aromatic rings. The number of carbonyl (C=O) groups excluding carboxylic acids is 1. The molecule has 1 atom stereocenters. The van der Waals surface area contributed by atoms with E-state index in [0.29, 0.717) is 0 Å². The number of nitrogens with one attached hydrogen (secondary N) is 1. The fourth-order valence-corrected chi connectivity index (χ4v) is 1.31. The van der Waals surface area contributed by atoms with Crippen LogP contribution in [0.15, 0.2) is 24.3 Å². The molecule has 0 aliphatic carbocycles. The summed E-state index contributed by atoms with van der Waals surface area (Å²) in [5.74, 6) is -1.43. The smallest absolute Gasteiger partial charge is 0.331 e. The summed E-state index contributed by atoms with van der Waals surface area (Å²) in [5, 5.41) is 21.5. The Kier molecular flexibility index (Phi) is 3.60. The highest BCUT2D eigenvalue weighted by Crippen LogP contribution is 2.24. The molecule has 1 rings (SSSR count). The van der Waals surface area contributed by atoms with E-state index in [0.717, 1.165) is 6.07 Å². The highest BCUT2D eigenvalue weighted by atomic mass is 16.6. The minimum absolute atomic E-state index is 0.135. The molecule has 0 saturated carbocycles. The second-order valence-electron chi connectivity index (χ2n) is 3.10. The molecule has 0 unspecified atom stereocenters. The molecule has 1 aromatic carbocycles. The van der Waals surface area contributed by atoms with Crippen LogP contribution in [0.25, 0.3) is 0 Å². The Hall–Kier alpha value is -2.64. The third-order valence-corrected chi connectivity index (χ3v) is 1.98. The average molecular weight is 239 g/mol. The number of carboxylic acid groups (broad SMARTS) is 1. The summed E-state index contributed by atoms with van der Waals surface area (Å²) in [4.78, 5) is 31.5. The van der Waals surface area contributed by atoms with Gasteiger partial charge in [0.05, 0.1) is 10.5 Å². The number of urea groups is 1. The number of nitrogens with zero attached hydrogens (tertiary/aromatic N) is 1. The molecule has 0 aliphatic heterocycles. The summed E-state index contributed by atoms with van der Waals surface area (Å²) in [6.45, 7) is 0. The van der Waals surface area contributed by atoms with Crippen molar-refractivity contribution >= 4 is 17.7 Å². The monoisotopic (exact) mass is 239 g/mol. The maximum Gasteiger partial charge on any atom is 0.331 e. The maximum atomic E-state index is 10.9. The maximum absolute atomic E-state index is 10.9. The van der Waals surface area contributed by atoms with Crippen LogP contribution in [0.1, 0.15) is 11.6 Å². The van der Waals surface area contributed by atoms with Crippen molar-refractivity contribution in [3.05, 3.63) is 39.9 Å². The van der Waals surface area contributed by atoms with E-state index in [1.807, 2.05) is 5.32 Å². The molecule has 8 heteroatoms. The molecule has 0 spiro atoms. The van der Waals surface area contributed by atoms with Crippen molar-refractivity contribution in [1.29, 1.82) is 0 Å². The summed E-state index contributed by atoms with van der Waals surface area (Å²) in [7, 11) is 0. The molecule has 0 bridgehead atoms. The number of hydrogen-bond donors (Lipinski definition) is 3. The number of benzene rings is 1. The summed E-state index contributed by atoms with van der Waals surface area (Å²) < 4.78 is 0. The van der Waals surface area contributed by atoms with E-state index in [1.54, 1.807) is 0 Å². The van der Waals surface area contributed by atoms with Gasteiger partial charge in [-0.05, 0) is 6.07 Å². The largest absolute Gasteiger partial charge is 0.479 e. The molecule has 0 saturated heterocycles. The van der Waals surface area contributed by atoms with Gasteiger partial charge < -0.3 is 16.2 Å². The zero-order chi connectivity index (χ0) is 13.0. The van der Waals surface area contributed by atoms with Crippen LogP contribution in [0.3, 0.4) is 0 Å². The van der Waals surface area contributed by atoms with E-state index < -0.39 is 28.7 Å². The second-order valence-corrected chi connectivity index (χ2v) is 3.10. The van der Waals surface area contributed by atoms with Gasteiger partial charge in [0.2, 0.25) is 0 Å². The molecule has 0 radical (unpaired) electrons. The number of nitro groups is 1. The van der Waals surface area contributed by atoms with Gasteiger partial charge in [-0.3, -0.25) is 10.1 Å². The summed E-state index contributed by atoms with van der Waals surface area (Å²) in [6.07, 6.45) is 0. The number of nitro benzene ring substituents is 1. The molecule has 0 fully saturated rings. The first-order valence-electron chi connectivity index (χ1n) is 4.45. The predicted molar refractivity (Wildman–Crippen MR) is 56.2 cm³/mol. The molecule has 8 nitrogen and oxygen atoms in total. The van der Waals surface area contributed by atoms with Crippen LogP contribution < -0.4 is 11.1 Å². The Labute approximate surface area is 95.2 Å². The molecule has 0 heterocycles. The lowest BCUT2D eigenvalue weighted by molar-refractivity contribution is -0.385. The van der Waals surface area contributed by atoms with Crippen molar-refractivity contribution < 1.29 is 19.6 Å². The van der Waals surface area contributed by atoms with E-state index in [4.69, 9.17) is 10.8 Å². The standard InChI is InChI=1S/C9H9N3O5/c10-9(15)11-7(8(13)14)5-3-1-2-4-6(5)12(16)17/h1-4,7H,(H,13,14)(H3,10,11,15)/t7-/m1/s1. The zero-order valence-electron chi connectivity index (χ0n) is 8.49. The molecule has 0 aromatic heterocycles. The lowest BCUT2D eigenvalue weighted by Gasteiger charge is -2.12. The first kappa shape index (κ1) is 12.4. The normalized spacial score (nSPS) is 11.5. The van der Waals surface area contributed by atoms with E-state index in [2.05, 4.69) is 0 Å². The van der Waals surface area contributed by atoms with Crippen LogP contribution in [0.5, 0.6) is 0 Å². The van der Waals surface area contributed by atoms with E-state index in [9.17, 15) is 19.7 Å². The van der Waals surface area contributed by atoms with Crippen LogP contribution in [0.2, 0.25) is 0 Å². The SMILES string of the molecule is NC(=O)N[C@@H](C(=O)O)c1ccccc1[N+](=O)[O-]. The third kappa shape index (κ3) is 2.91. The lowest BCUT2D eigenvalue weighted by atomic mass is 10.1. The van der Waals surface area contributed by atoms with Gasteiger partial charge in [-0.25, -0.2) is 9.59 Å². The first-order chi connectivity index (χ1) is 7.93. The van der Waals surface area contributed by atoms with Gasteiger partial charge in [0.25, 0.3) is 5.69 Å². The van der Waals surface area contributed by atoms with Gasteiger partial charge in [0.1, 0.15) is 0 Å². The van der Waals surface area contributed by atoms with Crippen molar-refractivity contribution in [2.24, 2.45) is 5.73 Å². The van der Waals surface area contributed by atoms with E-state index >= 15 is 0 Å². The minimum atomic E-state index is -1.55. The number of rotatable bonds is 4. The average Bonchev–Trinajstić information content (AvgIpc) is 2.25. The number of para-hydroxylation sites is 1. The zero-order valence-corrected chi connectivity index (χ0v) is 8.49. The van der Waals surface area contributed by atoms with Crippen LogP contribution in [-0.4, -0.2) is 22.0 Å². The van der Waals surface area contributed by atoms with Crippen LogP contribution in [0, 0.1) is 10.1 Å². The topological polar surface area (TPSA) is 136 Å². The predicted octanol–water partition coefficient (Wildman–Crippen LogP) is 0.389. The number of nitrogens with two attached hydrogens (primary N) is 1. The van der Waals surface area contributed by atoms with E-state index in [1.165, 1.54) is 18.2 Å². The highest BCUT2D eigenvalue weighted by Gasteiger charge is 2.28. The number of amides is 2. The highest BCUT2D eigenvalue weighted by molar-refractivity contribution is 5.83. The molecule has 0 aliphatic rings. The Balaban J connectivity index is 3.22. The van der Waals surface area contributed by atoms with Gasteiger partial charge in [-0.1, -0.05) is 12.1 Å². The number of carboxylic acids is 1. The Morgan fingerprint density at radius 1 is 1.41 bits per heavy atom. The van der Waals surface area contributed by atoms with Gasteiger partial charge in [0, 0.05) is 6.07 Å². The summed E-state index contributed by atoms with van der Waals surface area (Å²) in [5.41, 5.74) is 4.28. The minimum Gasteiger partial charge on any atom is -0.479 e. The van der Waals surface area contributed by atoms with Crippen molar-refractivity contribution in [2.45, 2.75) is 6.04 Å². The molecule has 90 valence electrons. The van der Waals surface area contributed by atoms with Crippen molar-refractivity contribution in [3.8, 4) is 0 Å². The molecular weight excluding hydrogens is 230 g/mol. The Morgan fingerprint density at radius 2 is 2.00 bits per heavy atom. The Bertz CT molecular complexity index is 473. The summed E-state index contributed by atoms with van der Waals surface area (Å²) >= 11 is 0. The molecule has 2 amide bonds. The number of aliphatic carboxylic acids is 1. The quantitative estimate of drug-likeness (QED) is 0.515. The number of primary amides is 1. The molecule has 4 N–H and O–H groups in total. The third-order valence-electron chi connectivity index (χ3n) is 1.98. The van der Waals surface area contributed by atoms with Crippen LogP contribution in [-0.2, 0) is 4.79 Å². The Morgan fingerprint density at radius 3 is 2.47 bits per heavy atom. The summed E-state index contributed by atoms with van der Waals surface area (Å²) in [6, 6.07) is 2.59. The second kappa shape index (κ2) is 4.92. The fraction of sp³-hybridized carbons (Fsp3) is 0.111. The van der Waals surface area contributed by atoms with Crippen molar-refractivity contribution in [3.63, 3.8) is 0 Å². The van der Waals surface area contributed by atoms with Gasteiger partial charge in [-0.15, -0.1) is 0 Å². The van der Waals surface area contributed by atoms with Gasteiger partial charge >= 0.3 is 12.0 Å². The lowest BCUT2D eigenvalue weighted by Crippen LogP contribution is -2.37. The molecule has 17 heavy (non-hydrogen) atoms.